The van der Waals surface area contributed by atoms with Crippen molar-refractivity contribution in [1.29, 1.82) is 0 Å². The van der Waals surface area contributed by atoms with Gasteiger partial charge >= 0.3 is 0 Å². The maximum absolute atomic E-state index is 13.6. The summed E-state index contributed by atoms with van der Waals surface area (Å²) in [5.74, 6) is 1.13. The number of benzene rings is 2. The second-order valence-electron chi connectivity index (χ2n) is 9.60. The van der Waals surface area contributed by atoms with Crippen LogP contribution >= 0.6 is 0 Å². The average Bonchev–Trinajstić information content (AvgIpc) is 3.44. The van der Waals surface area contributed by atoms with Crippen molar-refractivity contribution in [2.75, 3.05) is 18.0 Å². The van der Waals surface area contributed by atoms with Crippen LogP contribution in [-0.4, -0.2) is 33.9 Å². The topological polar surface area (TPSA) is 97.5 Å². The molecule has 1 atom stereocenters. The van der Waals surface area contributed by atoms with Gasteiger partial charge in [0.15, 0.2) is 0 Å². The van der Waals surface area contributed by atoms with E-state index >= 15 is 0 Å². The van der Waals surface area contributed by atoms with Crippen LogP contribution in [0, 0.1) is 0 Å². The number of hydrogen-bond donors (Lipinski definition) is 2. The molecular formula is C27H28N4O3. The molecule has 1 saturated carbocycles. The van der Waals surface area contributed by atoms with Gasteiger partial charge in [0, 0.05) is 36.8 Å². The van der Waals surface area contributed by atoms with E-state index in [0.717, 1.165) is 41.5 Å². The highest BCUT2D eigenvalue weighted by molar-refractivity contribution is 6.00. The Morgan fingerprint density at radius 3 is 2.44 bits per heavy atom. The van der Waals surface area contributed by atoms with Crippen molar-refractivity contribution in [2.45, 2.75) is 37.3 Å². The summed E-state index contributed by atoms with van der Waals surface area (Å²) in [7, 11) is 1.73. The summed E-state index contributed by atoms with van der Waals surface area (Å²) in [6, 6.07) is 18.0. The molecular weight excluding hydrogens is 428 g/mol. The fraction of sp³-hybridized carbons (Fsp3) is 0.333. The van der Waals surface area contributed by atoms with Crippen LogP contribution in [0.25, 0.3) is 33.6 Å². The first-order chi connectivity index (χ1) is 16.4. The van der Waals surface area contributed by atoms with Gasteiger partial charge in [0.1, 0.15) is 11.1 Å². The summed E-state index contributed by atoms with van der Waals surface area (Å²) in [5.41, 5.74) is 10.1. The van der Waals surface area contributed by atoms with E-state index in [1.54, 1.807) is 11.6 Å². The van der Waals surface area contributed by atoms with E-state index in [4.69, 9.17) is 15.1 Å². The number of rotatable bonds is 4. The number of nitrogens with zero attached hydrogens (tertiary/aromatic N) is 3. The van der Waals surface area contributed by atoms with Gasteiger partial charge in [-0.25, -0.2) is 0 Å². The first-order valence-corrected chi connectivity index (χ1v) is 11.9. The zero-order valence-electron chi connectivity index (χ0n) is 19.2. The molecule has 0 spiro atoms. The third-order valence-corrected chi connectivity index (χ3v) is 7.39. The summed E-state index contributed by atoms with van der Waals surface area (Å²) in [6.45, 7) is 1.10. The zero-order chi connectivity index (χ0) is 23.4. The van der Waals surface area contributed by atoms with Crippen molar-refractivity contribution in [3.05, 3.63) is 70.5 Å². The van der Waals surface area contributed by atoms with Crippen LogP contribution in [0.2, 0.25) is 0 Å². The van der Waals surface area contributed by atoms with Gasteiger partial charge in [0.2, 0.25) is 11.7 Å². The highest BCUT2D eigenvalue weighted by Gasteiger charge is 2.34. The molecule has 4 aromatic rings. The molecule has 6 rings (SSSR count). The highest BCUT2D eigenvalue weighted by Crippen LogP contribution is 2.42. The summed E-state index contributed by atoms with van der Waals surface area (Å²) < 4.78 is 7.88. The van der Waals surface area contributed by atoms with E-state index < -0.39 is 6.10 Å². The molecule has 0 amide bonds. The molecule has 3 heterocycles. The van der Waals surface area contributed by atoms with E-state index in [0.29, 0.717) is 42.3 Å². The quantitative estimate of drug-likeness (QED) is 0.485. The van der Waals surface area contributed by atoms with Crippen molar-refractivity contribution in [1.82, 2.24) is 9.55 Å². The maximum atomic E-state index is 13.6. The van der Waals surface area contributed by atoms with E-state index in [1.807, 2.05) is 47.4 Å². The van der Waals surface area contributed by atoms with Crippen molar-refractivity contribution >= 4 is 17.0 Å². The highest BCUT2D eigenvalue weighted by atomic mass is 16.3. The Bertz CT molecular complexity index is 1420. The molecule has 3 N–H and O–H groups in total. The SMILES string of the molecule is Cn1c(N2CC[C@H](O)C2)nc2oc(-c3ccc(C4(N)CCC4)cc3)c(-c3ccccc3)c2c1=O. The molecule has 2 aliphatic rings. The maximum Gasteiger partial charge on any atom is 0.266 e. The molecule has 2 fully saturated rings. The standard InChI is InChI=1S/C27H28N4O3/c1-30-25(33)22-21(17-6-3-2-4-7-17)23(18-8-10-19(11-9-18)27(28)13-5-14-27)34-24(22)29-26(30)31-15-12-20(32)16-31/h2-4,6-11,20,32H,5,12-16,28H2,1H3/t20-/m0/s1. The van der Waals surface area contributed by atoms with Gasteiger partial charge in [0.25, 0.3) is 5.56 Å². The van der Waals surface area contributed by atoms with Crippen molar-refractivity contribution in [3.63, 3.8) is 0 Å². The molecule has 1 aliphatic carbocycles. The fourth-order valence-corrected chi connectivity index (χ4v) is 5.21. The number of aromatic nitrogens is 2. The van der Waals surface area contributed by atoms with Gasteiger partial charge in [-0.15, -0.1) is 0 Å². The second kappa shape index (κ2) is 7.82. The van der Waals surface area contributed by atoms with Gasteiger partial charge in [-0.1, -0.05) is 54.6 Å². The van der Waals surface area contributed by atoms with Crippen molar-refractivity contribution in [2.24, 2.45) is 12.8 Å². The Hall–Kier alpha value is -3.42. The summed E-state index contributed by atoms with van der Waals surface area (Å²) in [4.78, 5) is 20.3. The largest absolute Gasteiger partial charge is 0.437 e. The molecule has 1 aliphatic heterocycles. The van der Waals surface area contributed by atoms with Gasteiger partial charge in [-0.05, 0) is 36.8 Å². The molecule has 0 bridgehead atoms. The minimum atomic E-state index is -0.417. The number of hydrogen-bond acceptors (Lipinski definition) is 6. The lowest BCUT2D eigenvalue weighted by Crippen LogP contribution is -2.43. The minimum Gasteiger partial charge on any atom is -0.437 e. The molecule has 34 heavy (non-hydrogen) atoms. The Kier molecular flexibility index (Phi) is 4.86. The summed E-state index contributed by atoms with van der Waals surface area (Å²) in [6.07, 6.45) is 3.40. The minimum absolute atomic E-state index is 0.165. The number of fused-ring (bicyclic) bond motifs is 1. The lowest BCUT2D eigenvalue weighted by atomic mass is 9.72. The number of aliphatic hydroxyl groups is 1. The first kappa shape index (κ1) is 21.1. The van der Waals surface area contributed by atoms with Crippen molar-refractivity contribution in [3.8, 4) is 22.5 Å². The Morgan fingerprint density at radius 1 is 1.09 bits per heavy atom. The number of nitrogens with two attached hydrogens (primary N) is 1. The normalized spacial score (nSPS) is 19.5. The summed E-state index contributed by atoms with van der Waals surface area (Å²) >= 11 is 0. The molecule has 2 aromatic carbocycles. The second-order valence-corrected chi connectivity index (χ2v) is 9.60. The third kappa shape index (κ3) is 3.27. The first-order valence-electron chi connectivity index (χ1n) is 11.9. The van der Waals surface area contributed by atoms with E-state index in [1.165, 1.54) is 0 Å². The predicted molar refractivity (Wildman–Crippen MR) is 133 cm³/mol. The Morgan fingerprint density at radius 2 is 1.82 bits per heavy atom. The predicted octanol–water partition coefficient (Wildman–Crippen LogP) is 3.77. The number of β-amino-alcohol motifs (C(OH)–C–C–N with tert-alkyl or cyclic N) is 1. The van der Waals surface area contributed by atoms with E-state index in [2.05, 4.69) is 12.1 Å². The van der Waals surface area contributed by atoms with Crippen LogP contribution in [0.3, 0.4) is 0 Å². The summed E-state index contributed by atoms with van der Waals surface area (Å²) in [5, 5.41) is 10.5. The third-order valence-electron chi connectivity index (χ3n) is 7.39. The molecule has 7 heteroatoms. The van der Waals surface area contributed by atoms with E-state index in [-0.39, 0.29) is 11.1 Å². The average molecular weight is 457 g/mol. The number of furan rings is 1. The van der Waals surface area contributed by atoms with Crippen molar-refractivity contribution < 1.29 is 9.52 Å². The molecule has 2 aromatic heterocycles. The van der Waals surface area contributed by atoms with Crippen LogP contribution in [0.5, 0.6) is 0 Å². The molecule has 0 radical (unpaired) electrons. The smallest absolute Gasteiger partial charge is 0.266 e. The Balaban J connectivity index is 1.55. The van der Waals surface area contributed by atoms with Gasteiger partial charge in [-0.3, -0.25) is 9.36 Å². The van der Waals surface area contributed by atoms with Crippen LogP contribution in [0.15, 0.2) is 63.8 Å². The monoisotopic (exact) mass is 456 g/mol. The van der Waals surface area contributed by atoms with Crippen LogP contribution < -0.4 is 16.2 Å². The van der Waals surface area contributed by atoms with Crippen LogP contribution in [-0.2, 0) is 12.6 Å². The fourth-order valence-electron chi connectivity index (χ4n) is 5.21. The van der Waals surface area contributed by atoms with Gasteiger partial charge < -0.3 is 20.2 Å². The van der Waals surface area contributed by atoms with Gasteiger partial charge in [-0.2, -0.15) is 4.98 Å². The molecule has 7 nitrogen and oxygen atoms in total. The van der Waals surface area contributed by atoms with E-state index in [9.17, 15) is 9.90 Å². The number of anilines is 1. The number of aliphatic hydroxyl groups excluding tert-OH is 1. The Labute approximate surface area is 197 Å². The molecule has 1 saturated heterocycles. The molecule has 174 valence electrons. The van der Waals surface area contributed by atoms with Gasteiger partial charge in [0.05, 0.1) is 6.10 Å². The van der Waals surface area contributed by atoms with Crippen LogP contribution in [0.1, 0.15) is 31.2 Å². The lowest BCUT2D eigenvalue weighted by molar-refractivity contribution is 0.198. The van der Waals surface area contributed by atoms with Crippen LogP contribution in [0.4, 0.5) is 5.95 Å². The zero-order valence-corrected chi connectivity index (χ0v) is 19.2. The lowest BCUT2D eigenvalue weighted by Gasteiger charge is -2.38. The molecule has 0 unspecified atom stereocenters.